The molecule has 3 aromatic rings. The first-order valence-corrected chi connectivity index (χ1v) is 11.0. The van der Waals surface area contributed by atoms with Crippen LogP contribution < -0.4 is 10.5 Å². The Kier molecular flexibility index (Phi) is 5.74. The Morgan fingerprint density at radius 2 is 1.91 bits per heavy atom. The fourth-order valence-electron chi connectivity index (χ4n) is 4.47. The third kappa shape index (κ3) is 4.23. The number of hydrogen-bond donors (Lipinski definition) is 1. The minimum atomic E-state index is -0.812. The largest absolute Gasteiger partial charge is 0.481 e. The van der Waals surface area contributed by atoms with Crippen molar-refractivity contribution in [1.29, 1.82) is 0 Å². The molecule has 1 aliphatic heterocycles. The van der Waals surface area contributed by atoms with Gasteiger partial charge in [0.15, 0.2) is 0 Å². The second kappa shape index (κ2) is 8.39. The molecular weight excluding hydrogens is 420 g/mol. The Bertz CT molecular complexity index is 1360. The number of aryl methyl sites for hydroxylation is 1. The van der Waals surface area contributed by atoms with E-state index in [0.29, 0.717) is 30.0 Å². The summed E-state index contributed by atoms with van der Waals surface area (Å²) in [6.45, 7) is 10.5. The van der Waals surface area contributed by atoms with E-state index in [1.165, 1.54) is 0 Å². The van der Waals surface area contributed by atoms with Crippen molar-refractivity contribution in [2.45, 2.75) is 53.0 Å². The molecular formula is C26H28N2O5. The highest BCUT2D eigenvalue weighted by Gasteiger charge is 2.32. The lowest BCUT2D eigenvalue weighted by atomic mass is 9.88. The Hall–Kier alpha value is -3.61. The molecule has 7 heteroatoms. The lowest BCUT2D eigenvalue weighted by Crippen LogP contribution is -2.45. The van der Waals surface area contributed by atoms with E-state index >= 15 is 0 Å². The summed E-state index contributed by atoms with van der Waals surface area (Å²) in [5.41, 5.74) is 3.66. The molecule has 172 valence electrons. The van der Waals surface area contributed by atoms with Crippen LogP contribution in [0, 0.1) is 6.92 Å². The van der Waals surface area contributed by atoms with Crippen LogP contribution >= 0.6 is 0 Å². The van der Waals surface area contributed by atoms with E-state index in [1.54, 1.807) is 13.0 Å². The lowest BCUT2D eigenvalue weighted by molar-refractivity contribution is -0.137. The summed E-state index contributed by atoms with van der Waals surface area (Å²) in [5, 5.41) is 9.82. The van der Waals surface area contributed by atoms with Gasteiger partial charge in [0.1, 0.15) is 22.6 Å². The molecule has 0 saturated heterocycles. The van der Waals surface area contributed by atoms with Gasteiger partial charge in [0.2, 0.25) is 5.89 Å². The van der Waals surface area contributed by atoms with Crippen molar-refractivity contribution in [2.24, 2.45) is 0 Å². The molecule has 1 aliphatic rings. The zero-order valence-corrected chi connectivity index (χ0v) is 19.6. The van der Waals surface area contributed by atoms with Gasteiger partial charge in [0.25, 0.3) is 0 Å². The number of hydrogen-bond acceptors (Lipinski definition) is 6. The molecule has 7 nitrogen and oxygen atoms in total. The van der Waals surface area contributed by atoms with E-state index < -0.39 is 11.6 Å². The number of oxazole rings is 1. The van der Waals surface area contributed by atoms with E-state index in [9.17, 15) is 9.59 Å². The van der Waals surface area contributed by atoms with E-state index in [2.05, 4.69) is 36.7 Å². The van der Waals surface area contributed by atoms with Crippen molar-refractivity contribution >= 4 is 34.3 Å². The highest BCUT2D eigenvalue weighted by atomic mass is 16.4. The van der Waals surface area contributed by atoms with Gasteiger partial charge in [-0.2, -0.15) is 0 Å². The van der Waals surface area contributed by atoms with Crippen molar-refractivity contribution < 1.29 is 18.7 Å². The smallest absolute Gasteiger partial charge is 0.349 e. The van der Waals surface area contributed by atoms with Gasteiger partial charge in [-0.05, 0) is 64.8 Å². The molecule has 2 aromatic heterocycles. The predicted molar refractivity (Wildman–Crippen MR) is 129 cm³/mol. The van der Waals surface area contributed by atoms with Crippen molar-refractivity contribution in [3.05, 3.63) is 57.8 Å². The number of anilines is 1. The summed E-state index contributed by atoms with van der Waals surface area (Å²) in [5.74, 6) is 0.0527. The van der Waals surface area contributed by atoms with Crippen molar-refractivity contribution in [1.82, 2.24) is 4.98 Å². The number of carboxylic acid groups (broad SMARTS) is 1. The third-order valence-electron chi connectivity index (χ3n) is 5.99. The van der Waals surface area contributed by atoms with Crippen LogP contribution in [0.1, 0.15) is 57.6 Å². The minimum Gasteiger partial charge on any atom is -0.481 e. The maximum atomic E-state index is 12.8. The maximum Gasteiger partial charge on any atom is 0.349 e. The molecule has 4 rings (SSSR count). The number of allylic oxidation sites excluding steroid dienone is 2. The maximum absolute atomic E-state index is 12.8. The van der Waals surface area contributed by atoms with Crippen LogP contribution in [0.15, 0.2) is 44.0 Å². The number of aliphatic carboxylic acids is 1. The molecule has 0 amide bonds. The number of carboxylic acids is 1. The molecule has 0 unspecified atom stereocenters. The van der Waals surface area contributed by atoms with Crippen LogP contribution in [0.3, 0.4) is 0 Å². The Morgan fingerprint density at radius 3 is 2.61 bits per heavy atom. The standard InChI is InChI=1S/C26H28N2O5/c1-6-8-20-16(3)32-24(27-20)19-12-17-11-18-15(2)14-26(4,5)28(10-7-9-23(29)30)21(18)13-22(17)33-25(19)31/h6,8,11-14H,7,9-10H2,1-5H3,(H,29,30)/b8-6-. The number of nitrogens with zero attached hydrogens (tertiary/aromatic N) is 2. The highest BCUT2D eigenvalue weighted by molar-refractivity contribution is 5.92. The molecule has 3 heterocycles. The van der Waals surface area contributed by atoms with Gasteiger partial charge < -0.3 is 18.8 Å². The molecule has 1 aromatic carbocycles. The monoisotopic (exact) mass is 448 g/mol. The topological polar surface area (TPSA) is 96.8 Å². The van der Waals surface area contributed by atoms with Gasteiger partial charge >= 0.3 is 11.6 Å². The molecule has 0 spiro atoms. The molecule has 0 aliphatic carbocycles. The average Bonchev–Trinajstić information content (AvgIpc) is 3.09. The number of aromatic nitrogens is 1. The molecule has 0 atom stereocenters. The van der Waals surface area contributed by atoms with E-state index in [4.69, 9.17) is 13.9 Å². The highest BCUT2D eigenvalue weighted by Crippen LogP contribution is 2.41. The Balaban J connectivity index is 1.82. The van der Waals surface area contributed by atoms with Gasteiger partial charge in [-0.15, -0.1) is 0 Å². The first-order chi connectivity index (χ1) is 15.6. The van der Waals surface area contributed by atoms with Gasteiger partial charge in [-0.25, -0.2) is 9.78 Å². The fourth-order valence-corrected chi connectivity index (χ4v) is 4.47. The predicted octanol–water partition coefficient (Wildman–Crippen LogP) is 5.66. The van der Waals surface area contributed by atoms with E-state index in [-0.39, 0.29) is 23.4 Å². The van der Waals surface area contributed by atoms with Crippen LogP contribution in [0.25, 0.3) is 34.1 Å². The van der Waals surface area contributed by atoms with E-state index in [1.807, 2.05) is 31.2 Å². The van der Waals surface area contributed by atoms with Crippen LogP contribution in [0.2, 0.25) is 0 Å². The number of rotatable bonds is 6. The molecule has 33 heavy (non-hydrogen) atoms. The lowest BCUT2D eigenvalue weighted by Gasteiger charge is -2.43. The van der Waals surface area contributed by atoms with Gasteiger partial charge in [-0.1, -0.05) is 12.2 Å². The van der Waals surface area contributed by atoms with Crippen molar-refractivity contribution in [2.75, 3.05) is 11.4 Å². The number of benzene rings is 1. The van der Waals surface area contributed by atoms with Crippen LogP contribution in [-0.2, 0) is 4.79 Å². The summed E-state index contributed by atoms with van der Waals surface area (Å²) in [7, 11) is 0. The Labute approximate surface area is 192 Å². The fraction of sp³-hybridized carbons (Fsp3) is 0.346. The van der Waals surface area contributed by atoms with Gasteiger partial charge in [0.05, 0.1) is 5.54 Å². The summed E-state index contributed by atoms with van der Waals surface area (Å²) in [6, 6.07) is 5.64. The minimum absolute atomic E-state index is 0.0986. The number of carbonyl (C=O) groups is 1. The van der Waals surface area contributed by atoms with Gasteiger partial charge in [-0.3, -0.25) is 4.79 Å². The van der Waals surface area contributed by atoms with Crippen LogP contribution in [0.5, 0.6) is 0 Å². The van der Waals surface area contributed by atoms with Crippen LogP contribution in [-0.4, -0.2) is 28.1 Å². The first kappa shape index (κ1) is 22.6. The SMILES string of the molecule is C/C=C\c1nc(-c2cc3cc4c(cc3oc2=O)N(CCCC(=O)O)C(C)(C)C=C4C)oc1C. The van der Waals surface area contributed by atoms with Crippen molar-refractivity contribution in [3.63, 3.8) is 0 Å². The molecule has 0 saturated carbocycles. The van der Waals surface area contributed by atoms with E-state index in [0.717, 1.165) is 22.2 Å². The summed E-state index contributed by atoms with van der Waals surface area (Å²) in [6.07, 6.45) is 6.49. The zero-order chi connectivity index (χ0) is 23.9. The summed E-state index contributed by atoms with van der Waals surface area (Å²) >= 11 is 0. The third-order valence-corrected chi connectivity index (χ3v) is 5.99. The second-order valence-electron chi connectivity index (χ2n) is 8.95. The van der Waals surface area contributed by atoms with Crippen molar-refractivity contribution in [3.8, 4) is 11.5 Å². The summed E-state index contributed by atoms with van der Waals surface area (Å²) < 4.78 is 11.4. The quantitative estimate of drug-likeness (QED) is 0.486. The molecule has 0 fully saturated rings. The first-order valence-electron chi connectivity index (χ1n) is 11.0. The molecule has 1 N–H and O–H groups in total. The molecule has 0 bridgehead atoms. The second-order valence-corrected chi connectivity index (χ2v) is 8.95. The number of fused-ring (bicyclic) bond motifs is 2. The zero-order valence-electron chi connectivity index (χ0n) is 19.6. The summed E-state index contributed by atoms with van der Waals surface area (Å²) in [4.78, 5) is 30.5. The normalized spacial score (nSPS) is 15.2. The Morgan fingerprint density at radius 1 is 1.18 bits per heavy atom. The molecule has 0 radical (unpaired) electrons. The van der Waals surface area contributed by atoms with Gasteiger partial charge in [0, 0.05) is 35.7 Å². The average molecular weight is 449 g/mol. The van der Waals surface area contributed by atoms with Crippen LogP contribution in [0.4, 0.5) is 5.69 Å².